The summed E-state index contributed by atoms with van der Waals surface area (Å²) in [6.07, 6.45) is 2.11. The molecule has 0 bridgehead atoms. The number of carbonyl (C=O) groups excluding carboxylic acids is 1. The number of nitrogens with zero attached hydrogens (tertiary/aromatic N) is 2. The van der Waals surface area contributed by atoms with Crippen molar-refractivity contribution in [3.05, 3.63) is 30.3 Å². The molecule has 0 aromatic heterocycles. The first kappa shape index (κ1) is 15.3. The van der Waals surface area contributed by atoms with Crippen LogP contribution in [-0.4, -0.2) is 67.7 Å². The van der Waals surface area contributed by atoms with Crippen molar-refractivity contribution < 1.29 is 14.3 Å². The first-order valence-electron chi connectivity index (χ1n) is 8.10. The summed E-state index contributed by atoms with van der Waals surface area (Å²) in [4.78, 5) is 16.7. The Morgan fingerprint density at radius 3 is 2.45 bits per heavy atom. The van der Waals surface area contributed by atoms with Crippen molar-refractivity contribution in [2.24, 2.45) is 0 Å². The highest BCUT2D eigenvalue weighted by Gasteiger charge is 2.27. The number of rotatable bonds is 4. The van der Waals surface area contributed by atoms with Gasteiger partial charge in [-0.25, -0.2) is 0 Å². The molecule has 22 heavy (non-hydrogen) atoms. The van der Waals surface area contributed by atoms with Crippen molar-refractivity contribution in [1.82, 2.24) is 9.80 Å². The SMILES string of the molecule is O=C(COc1ccccc1)N1CCC(N2CCOCC2)CC1. The molecular weight excluding hydrogens is 280 g/mol. The Morgan fingerprint density at radius 1 is 1.09 bits per heavy atom. The van der Waals surface area contributed by atoms with Crippen LogP contribution in [0.1, 0.15) is 12.8 Å². The molecule has 2 heterocycles. The number of hydrogen-bond donors (Lipinski definition) is 0. The van der Waals surface area contributed by atoms with Crippen LogP contribution in [0.2, 0.25) is 0 Å². The Labute approximate surface area is 131 Å². The molecule has 1 aromatic carbocycles. The molecule has 0 N–H and O–H groups in total. The summed E-state index contributed by atoms with van der Waals surface area (Å²) in [5.41, 5.74) is 0. The number of benzene rings is 1. The van der Waals surface area contributed by atoms with E-state index in [1.54, 1.807) is 0 Å². The van der Waals surface area contributed by atoms with Gasteiger partial charge in [0.1, 0.15) is 5.75 Å². The molecular formula is C17H24N2O3. The average Bonchev–Trinajstić information content (AvgIpc) is 2.61. The normalized spacial score (nSPS) is 20.8. The number of likely N-dealkylation sites (tertiary alicyclic amines) is 1. The van der Waals surface area contributed by atoms with Crippen molar-refractivity contribution in [2.45, 2.75) is 18.9 Å². The lowest BCUT2D eigenvalue weighted by molar-refractivity contribution is -0.135. The predicted octanol–water partition coefficient (Wildman–Crippen LogP) is 1.39. The molecule has 2 aliphatic heterocycles. The van der Waals surface area contributed by atoms with Crippen LogP contribution in [0.4, 0.5) is 0 Å². The van der Waals surface area contributed by atoms with Crippen LogP contribution >= 0.6 is 0 Å². The maximum absolute atomic E-state index is 12.2. The van der Waals surface area contributed by atoms with Crippen LogP contribution in [0.3, 0.4) is 0 Å². The van der Waals surface area contributed by atoms with Crippen molar-refractivity contribution in [3.63, 3.8) is 0 Å². The van der Waals surface area contributed by atoms with E-state index < -0.39 is 0 Å². The van der Waals surface area contributed by atoms with E-state index in [9.17, 15) is 4.79 Å². The van der Waals surface area contributed by atoms with Crippen molar-refractivity contribution >= 4 is 5.91 Å². The van der Waals surface area contributed by atoms with Gasteiger partial charge in [0.05, 0.1) is 13.2 Å². The molecule has 2 fully saturated rings. The Bertz CT molecular complexity index is 466. The Kier molecular flexibility index (Phi) is 5.29. The van der Waals surface area contributed by atoms with E-state index in [0.29, 0.717) is 6.04 Å². The minimum absolute atomic E-state index is 0.0873. The quantitative estimate of drug-likeness (QED) is 0.843. The van der Waals surface area contributed by atoms with Gasteiger partial charge >= 0.3 is 0 Å². The second kappa shape index (κ2) is 7.61. The third kappa shape index (κ3) is 3.99. The van der Waals surface area contributed by atoms with Gasteiger partial charge in [0, 0.05) is 32.2 Å². The van der Waals surface area contributed by atoms with E-state index in [1.165, 1.54) is 0 Å². The van der Waals surface area contributed by atoms with Crippen molar-refractivity contribution in [1.29, 1.82) is 0 Å². The maximum atomic E-state index is 12.2. The molecule has 1 amide bonds. The van der Waals surface area contributed by atoms with Crippen molar-refractivity contribution in [3.8, 4) is 5.75 Å². The molecule has 2 saturated heterocycles. The molecule has 0 aliphatic carbocycles. The fraction of sp³-hybridized carbons (Fsp3) is 0.588. The molecule has 3 rings (SSSR count). The molecule has 0 radical (unpaired) electrons. The summed E-state index contributed by atoms with van der Waals surface area (Å²) >= 11 is 0. The summed E-state index contributed by atoms with van der Waals surface area (Å²) in [5, 5.41) is 0. The highest BCUT2D eigenvalue weighted by atomic mass is 16.5. The molecule has 5 heteroatoms. The van der Waals surface area contributed by atoms with Gasteiger partial charge in [0.15, 0.2) is 6.61 Å². The highest BCUT2D eigenvalue weighted by Crippen LogP contribution is 2.18. The fourth-order valence-corrected chi connectivity index (χ4v) is 3.18. The standard InChI is InChI=1S/C17H24N2O3/c20-17(14-22-16-4-2-1-3-5-16)19-8-6-15(7-9-19)18-10-12-21-13-11-18/h1-5,15H,6-14H2. The summed E-state index contributed by atoms with van der Waals surface area (Å²) in [5.74, 6) is 0.836. The molecule has 0 atom stereocenters. The van der Waals surface area contributed by atoms with Crippen LogP contribution in [0.5, 0.6) is 5.75 Å². The van der Waals surface area contributed by atoms with E-state index in [4.69, 9.17) is 9.47 Å². The molecule has 0 saturated carbocycles. The topological polar surface area (TPSA) is 42.0 Å². The van der Waals surface area contributed by atoms with Gasteiger partial charge in [-0.3, -0.25) is 9.69 Å². The number of hydrogen-bond acceptors (Lipinski definition) is 4. The van der Waals surface area contributed by atoms with Crippen LogP contribution in [0.15, 0.2) is 30.3 Å². The van der Waals surface area contributed by atoms with Gasteiger partial charge < -0.3 is 14.4 Å². The third-order valence-electron chi connectivity index (χ3n) is 4.48. The highest BCUT2D eigenvalue weighted by molar-refractivity contribution is 5.77. The smallest absolute Gasteiger partial charge is 0.260 e. The molecule has 0 unspecified atom stereocenters. The van der Waals surface area contributed by atoms with Gasteiger partial charge in [-0.05, 0) is 25.0 Å². The lowest BCUT2D eigenvalue weighted by Gasteiger charge is -2.40. The van der Waals surface area contributed by atoms with Gasteiger partial charge in [-0.15, -0.1) is 0 Å². The first-order valence-corrected chi connectivity index (χ1v) is 8.10. The second-order valence-corrected chi connectivity index (χ2v) is 5.86. The van der Waals surface area contributed by atoms with Gasteiger partial charge in [-0.2, -0.15) is 0 Å². The zero-order valence-electron chi connectivity index (χ0n) is 12.9. The average molecular weight is 304 g/mol. The van der Waals surface area contributed by atoms with Gasteiger partial charge in [-0.1, -0.05) is 18.2 Å². The second-order valence-electron chi connectivity index (χ2n) is 5.86. The summed E-state index contributed by atoms with van der Waals surface area (Å²) < 4.78 is 10.9. The summed E-state index contributed by atoms with van der Waals surface area (Å²) in [7, 11) is 0. The minimum Gasteiger partial charge on any atom is -0.484 e. The number of morpholine rings is 1. The van der Waals surface area contributed by atoms with E-state index in [1.807, 2.05) is 35.2 Å². The number of ether oxygens (including phenoxy) is 2. The number of piperidine rings is 1. The monoisotopic (exact) mass is 304 g/mol. The Morgan fingerprint density at radius 2 is 1.77 bits per heavy atom. The van der Waals surface area contributed by atoms with E-state index in [-0.39, 0.29) is 12.5 Å². The van der Waals surface area contributed by atoms with Crippen LogP contribution in [0.25, 0.3) is 0 Å². The summed E-state index contributed by atoms with van der Waals surface area (Å²) in [6.45, 7) is 5.52. The molecule has 2 aliphatic rings. The van der Waals surface area contributed by atoms with Gasteiger partial charge in [0.2, 0.25) is 0 Å². The molecule has 1 aromatic rings. The molecule has 0 spiro atoms. The largest absolute Gasteiger partial charge is 0.484 e. The Hall–Kier alpha value is -1.59. The van der Waals surface area contributed by atoms with Crippen LogP contribution < -0.4 is 4.74 Å². The summed E-state index contributed by atoms with van der Waals surface area (Å²) in [6, 6.07) is 10.1. The fourth-order valence-electron chi connectivity index (χ4n) is 3.18. The van der Waals surface area contributed by atoms with Crippen molar-refractivity contribution in [2.75, 3.05) is 46.0 Å². The van der Waals surface area contributed by atoms with Crippen LogP contribution in [-0.2, 0) is 9.53 Å². The number of amides is 1. The molecule has 5 nitrogen and oxygen atoms in total. The van der Waals surface area contributed by atoms with E-state index >= 15 is 0 Å². The zero-order valence-corrected chi connectivity index (χ0v) is 12.9. The molecule has 120 valence electrons. The maximum Gasteiger partial charge on any atom is 0.260 e. The number of para-hydroxylation sites is 1. The predicted molar refractivity (Wildman–Crippen MR) is 83.9 cm³/mol. The van der Waals surface area contributed by atoms with Crippen LogP contribution in [0, 0.1) is 0 Å². The zero-order chi connectivity index (χ0) is 15.2. The first-order chi connectivity index (χ1) is 10.8. The van der Waals surface area contributed by atoms with Gasteiger partial charge in [0.25, 0.3) is 5.91 Å². The minimum atomic E-state index is 0.0873. The van der Waals surface area contributed by atoms with E-state index in [0.717, 1.165) is 58.0 Å². The number of carbonyl (C=O) groups is 1. The third-order valence-corrected chi connectivity index (χ3v) is 4.48. The Balaban J connectivity index is 1.41. The lowest BCUT2D eigenvalue weighted by atomic mass is 10.0. The van der Waals surface area contributed by atoms with E-state index in [2.05, 4.69) is 4.90 Å². The lowest BCUT2D eigenvalue weighted by Crippen LogP contribution is -2.50.